The van der Waals surface area contributed by atoms with Gasteiger partial charge in [0.25, 0.3) is 0 Å². The van der Waals surface area contributed by atoms with Gasteiger partial charge in [0, 0.05) is 0 Å². The zero-order valence-corrected chi connectivity index (χ0v) is 7.12. The van der Waals surface area contributed by atoms with Crippen LogP contribution < -0.4 is 0 Å². The van der Waals surface area contributed by atoms with Crippen LogP contribution in [-0.4, -0.2) is 11.3 Å². The van der Waals surface area contributed by atoms with Crippen LogP contribution in [0.25, 0.3) is 6.08 Å². The summed E-state index contributed by atoms with van der Waals surface area (Å²) in [4.78, 5) is 0. The smallest absolute Gasteiger partial charge is 0.114 e. The summed E-state index contributed by atoms with van der Waals surface area (Å²) in [5.41, 5.74) is 3.68. The predicted octanol–water partition coefficient (Wildman–Crippen LogP) is 2.28. The summed E-state index contributed by atoms with van der Waals surface area (Å²) >= 11 is 0. The molecule has 0 unspecified atom stereocenters. The Bertz CT molecular complexity index is 361. The van der Waals surface area contributed by atoms with Crippen LogP contribution in [0, 0.1) is 6.54 Å². The third kappa shape index (κ3) is 1.03. The number of nitrogens with zero attached hydrogens (tertiary/aromatic N) is 1. The summed E-state index contributed by atoms with van der Waals surface area (Å²) in [7, 11) is 0. The fourth-order valence-electron chi connectivity index (χ4n) is 1.34. The first-order valence-corrected chi connectivity index (χ1v) is 3.99. The lowest BCUT2D eigenvalue weighted by Gasteiger charge is -2.17. The average molecular weight is 157 g/mol. The first-order valence-electron chi connectivity index (χ1n) is 3.99. The van der Waals surface area contributed by atoms with E-state index in [1.165, 1.54) is 16.8 Å². The minimum atomic E-state index is 1.17. The highest BCUT2D eigenvalue weighted by Gasteiger charge is 2.08. The monoisotopic (exact) mass is 157 g/mol. The summed E-state index contributed by atoms with van der Waals surface area (Å²) < 4.78 is 1.89. The van der Waals surface area contributed by atoms with Crippen LogP contribution >= 0.6 is 0 Å². The Morgan fingerprint density at radius 3 is 2.92 bits per heavy atom. The van der Waals surface area contributed by atoms with Gasteiger partial charge >= 0.3 is 0 Å². The first-order chi connectivity index (χ1) is 5.77. The molecule has 0 aliphatic carbocycles. The number of benzene rings is 1. The Kier molecular flexibility index (Phi) is 1.51. The van der Waals surface area contributed by atoms with Crippen molar-refractivity contribution in [1.82, 2.24) is 0 Å². The summed E-state index contributed by atoms with van der Waals surface area (Å²) in [5.74, 6) is 0. The SMILES string of the molecule is C=[N+]1[CH-]c2ccccc2C=C1C. The molecule has 0 radical (unpaired) electrons. The van der Waals surface area contributed by atoms with Crippen LogP contribution in [0.4, 0.5) is 0 Å². The van der Waals surface area contributed by atoms with Crippen LogP contribution in [0.3, 0.4) is 0 Å². The van der Waals surface area contributed by atoms with Crippen molar-refractivity contribution < 1.29 is 4.58 Å². The summed E-state index contributed by atoms with van der Waals surface area (Å²) in [6, 6.07) is 8.30. The Morgan fingerprint density at radius 1 is 1.33 bits per heavy atom. The fourth-order valence-corrected chi connectivity index (χ4v) is 1.34. The van der Waals surface area contributed by atoms with Gasteiger partial charge in [-0.2, -0.15) is 0 Å². The molecule has 0 amide bonds. The van der Waals surface area contributed by atoms with Crippen molar-refractivity contribution in [2.45, 2.75) is 6.92 Å². The molecule has 0 atom stereocenters. The van der Waals surface area contributed by atoms with Gasteiger partial charge in [-0.25, -0.2) is 0 Å². The lowest BCUT2D eigenvalue weighted by molar-refractivity contribution is -0.417. The van der Waals surface area contributed by atoms with E-state index in [0.29, 0.717) is 0 Å². The second kappa shape index (κ2) is 2.52. The molecule has 1 aromatic rings. The van der Waals surface area contributed by atoms with E-state index < -0.39 is 0 Å². The molecule has 1 aliphatic heterocycles. The lowest BCUT2D eigenvalue weighted by atomic mass is 10.0. The van der Waals surface area contributed by atoms with E-state index in [9.17, 15) is 0 Å². The van der Waals surface area contributed by atoms with E-state index in [1.807, 2.05) is 17.2 Å². The third-order valence-electron chi connectivity index (χ3n) is 2.11. The van der Waals surface area contributed by atoms with Gasteiger partial charge in [0.1, 0.15) is 12.2 Å². The highest BCUT2D eigenvalue weighted by molar-refractivity contribution is 5.58. The first kappa shape index (κ1) is 7.17. The van der Waals surface area contributed by atoms with Crippen molar-refractivity contribution in [3.8, 4) is 0 Å². The standard InChI is InChI=1S/C11H11N/c1-9-7-10-5-3-4-6-11(10)8-12(9)2/h3-8H,2H2,1H3. The third-order valence-corrected chi connectivity index (χ3v) is 2.11. The maximum Gasteiger partial charge on any atom is 0.114 e. The van der Waals surface area contributed by atoms with Gasteiger partial charge in [0.15, 0.2) is 0 Å². The molecule has 1 heterocycles. The van der Waals surface area contributed by atoms with Crippen LogP contribution in [0.15, 0.2) is 30.0 Å². The number of hydrogen-bond donors (Lipinski definition) is 0. The average Bonchev–Trinajstić information content (AvgIpc) is 2.07. The van der Waals surface area contributed by atoms with E-state index in [-0.39, 0.29) is 0 Å². The van der Waals surface area contributed by atoms with Gasteiger partial charge < -0.3 is 0 Å². The van der Waals surface area contributed by atoms with Crippen molar-refractivity contribution in [2.75, 3.05) is 0 Å². The molecule has 1 heteroatoms. The van der Waals surface area contributed by atoms with Crippen molar-refractivity contribution >= 4 is 12.8 Å². The molecular weight excluding hydrogens is 146 g/mol. The highest BCUT2D eigenvalue weighted by atomic mass is 15.0. The van der Waals surface area contributed by atoms with Crippen LogP contribution in [0.5, 0.6) is 0 Å². The maximum atomic E-state index is 3.89. The molecule has 0 saturated heterocycles. The van der Waals surface area contributed by atoms with E-state index in [0.717, 1.165) is 0 Å². The van der Waals surface area contributed by atoms with Crippen molar-refractivity contribution in [3.05, 3.63) is 47.6 Å². The Balaban J connectivity index is 2.56. The number of allylic oxidation sites excluding steroid dienone is 1. The van der Waals surface area contributed by atoms with E-state index in [4.69, 9.17) is 0 Å². The van der Waals surface area contributed by atoms with E-state index in [1.54, 1.807) is 0 Å². The minimum absolute atomic E-state index is 1.17. The number of hydrogen-bond acceptors (Lipinski definition) is 0. The quantitative estimate of drug-likeness (QED) is 0.401. The Hall–Kier alpha value is -1.50. The van der Waals surface area contributed by atoms with Crippen molar-refractivity contribution in [1.29, 1.82) is 0 Å². The van der Waals surface area contributed by atoms with Gasteiger partial charge in [-0.1, -0.05) is 35.4 Å². The second-order valence-electron chi connectivity index (χ2n) is 3.01. The predicted molar refractivity (Wildman–Crippen MR) is 50.9 cm³/mol. The fraction of sp³-hybridized carbons (Fsp3) is 0.0909. The molecule has 1 nitrogen and oxygen atoms in total. The maximum absolute atomic E-state index is 3.89. The van der Waals surface area contributed by atoms with Crippen molar-refractivity contribution in [3.63, 3.8) is 0 Å². The molecule has 1 aliphatic rings. The molecule has 1 aromatic carbocycles. The molecule has 0 spiro atoms. The normalized spacial score (nSPS) is 14.8. The van der Waals surface area contributed by atoms with Gasteiger partial charge in [0.05, 0.1) is 6.72 Å². The number of rotatable bonds is 0. The Morgan fingerprint density at radius 2 is 2.08 bits per heavy atom. The zero-order valence-electron chi connectivity index (χ0n) is 7.12. The summed E-state index contributed by atoms with van der Waals surface area (Å²) in [6.07, 6.45) is 2.14. The van der Waals surface area contributed by atoms with Crippen LogP contribution in [0.2, 0.25) is 0 Å². The van der Waals surface area contributed by atoms with Gasteiger partial charge in [-0.3, -0.25) is 4.58 Å². The van der Waals surface area contributed by atoms with Gasteiger partial charge in [0.2, 0.25) is 0 Å². The molecule has 2 rings (SSSR count). The van der Waals surface area contributed by atoms with Crippen LogP contribution in [-0.2, 0) is 0 Å². The molecule has 0 saturated carbocycles. The molecule has 0 aromatic heterocycles. The summed E-state index contributed by atoms with van der Waals surface area (Å²) in [6.45, 7) is 7.99. The van der Waals surface area contributed by atoms with E-state index in [2.05, 4.69) is 37.9 Å². The Labute approximate surface area is 72.7 Å². The van der Waals surface area contributed by atoms with E-state index >= 15 is 0 Å². The summed E-state index contributed by atoms with van der Waals surface area (Å²) in [5, 5.41) is 0. The molecule has 60 valence electrons. The molecule has 0 N–H and O–H groups in total. The van der Waals surface area contributed by atoms with Crippen molar-refractivity contribution in [2.24, 2.45) is 0 Å². The largest absolute Gasteiger partial charge is 0.274 e. The highest BCUT2D eigenvalue weighted by Crippen LogP contribution is 2.21. The molecule has 0 fully saturated rings. The van der Waals surface area contributed by atoms with Gasteiger partial charge in [-0.15, -0.1) is 6.07 Å². The number of fused-ring (bicyclic) bond motifs is 1. The minimum Gasteiger partial charge on any atom is -0.274 e. The van der Waals surface area contributed by atoms with Crippen LogP contribution in [0.1, 0.15) is 18.1 Å². The van der Waals surface area contributed by atoms with Gasteiger partial charge in [-0.05, 0) is 6.92 Å². The molecule has 12 heavy (non-hydrogen) atoms. The molecular formula is C11H11N. The topological polar surface area (TPSA) is 3.01 Å². The second-order valence-corrected chi connectivity index (χ2v) is 3.01. The molecule has 0 bridgehead atoms. The lowest BCUT2D eigenvalue weighted by Crippen LogP contribution is -2.09. The zero-order chi connectivity index (χ0) is 8.55.